The Morgan fingerprint density at radius 3 is 2.72 bits per heavy atom. The van der Waals surface area contributed by atoms with Gasteiger partial charge in [-0.2, -0.15) is 5.10 Å². The van der Waals surface area contributed by atoms with Crippen LogP contribution in [0.15, 0.2) is 18.5 Å². The number of halogens is 2. The number of nitrogens with zero attached hydrogens (tertiary/aromatic N) is 3. The summed E-state index contributed by atoms with van der Waals surface area (Å²) in [5.41, 5.74) is 5.76. The standard InChI is InChI=1S/C15H25N5O3.2ClH/c1-11(2)14(16)15(22)17-8-13(21)19-6-7-23-12(9-19)10-20-5-3-4-18-20;;/h3-5,11-12,14H,6-10,16H2,1-2H3,(H,17,22);2*1H/t12?,14-;;/m0../s1. The van der Waals surface area contributed by atoms with Crippen LogP contribution in [0.3, 0.4) is 0 Å². The molecule has 3 N–H and O–H groups in total. The van der Waals surface area contributed by atoms with Gasteiger partial charge in [0.05, 0.1) is 31.8 Å². The molecule has 144 valence electrons. The van der Waals surface area contributed by atoms with Gasteiger partial charge in [0.15, 0.2) is 0 Å². The van der Waals surface area contributed by atoms with E-state index in [2.05, 4.69) is 10.4 Å². The quantitative estimate of drug-likeness (QED) is 0.708. The third-order valence-electron chi connectivity index (χ3n) is 3.88. The van der Waals surface area contributed by atoms with Crippen molar-refractivity contribution in [2.24, 2.45) is 11.7 Å². The number of hydrogen-bond donors (Lipinski definition) is 2. The largest absolute Gasteiger partial charge is 0.373 e. The molecule has 1 aliphatic heterocycles. The lowest BCUT2D eigenvalue weighted by atomic mass is 10.1. The molecular weight excluding hydrogens is 369 g/mol. The third kappa shape index (κ3) is 7.19. The third-order valence-corrected chi connectivity index (χ3v) is 3.88. The van der Waals surface area contributed by atoms with Gasteiger partial charge >= 0.3 is 0 Å². The molecule has 2 atom stereocenters. The van der Waals surface area contributed by atoms with Gasteiger partial charge in [0, 0.05) is 25.5 Å². The Bertz CT molecular complexity index is 527. The molecule has 8 nitrogen and oxygen atoms in total. The van der Waals surface area contributed by atoms with Crippen molar-refractivity contribution < 1.29 is 14.3 Å². The van der Waals surface area contributed by atoms with E-state index in [0.29, 0.717) is 26.2 Å². The molecule has 0 aliphatic carbocycles. The van der Waals surface area contributed by atoms with E-state index >= 15 is 0 Å². The maximum Gasteiger partial charge on any atom is 0.242 e. The average molecular weight is 396 g/mol. The SMILES string of the molecule is CC(C)[C@H](N)C(=O)NCC(=O)N1CCOC(Cn2cccn2)C1.Cl.Cl. The van der Waals surface area contributed by atoms with Gasteiger partial charge in [-0.1, -0.05) is 13.8 Å². The summed E-state index contributed by atoms with van der Waals surface area (Å²) in [5.74, 6) is -0.385. The first-order chi connectivity index (χ1) is 11.0. The lowest BCUT2D eigenvalue weighted by Gasteiger charge is -2.33. The predicted molar refractivity (Wildman–Crippen MR) is 98.9 cm³/mol. The summed E-state index contributed by atoms with van der Waals surface area (Å²) >= 11 is 0. The second kappa shape index (κ2) is 11.3. The van der Waals surface area contributed by atoms with E-state index in [1.807, 2.05) is 26.1 Å². The van der Waals surface area contributed by atoms with E-state index in [9.17, 15) is 9.59 Å². The maximum absolute atomic E-state index is 12.2. The Balaban J connectivity index is 0.00000288. The minimum absolute atomic E-state index is 0. The molecule has 25 heavy (non-hydrogen) atoms. The van der Waals surface area contributed by atoms with Crippen molar-refractivity contribution >= 4 is 36.6 Å². The highest BCUT2D eigenvalue weighted by molar-refractivity contribution is 5.87. The van der Waals surface area contributed by atoms with Crippen molar-refractivity contribution in [1.29, 1.82) is 0 Å². The van der Waals surface area contributed by atoms with Gasteiger partial charge in [0.1, 0.15) is 0 Å². The Labute approximate surface area is 160 Å². The fraction of sp³-hybridized carbons (Fsp3) is 0.667. The monoisotopic (exact) mass is 395 g/mol. The van der Waals surface area contributed by atoms with Gasteiger partial charge in [-0.05, 0) is 12.0 Å². The fourth-order valence-corrected chi connectivity index (χ4v) is 2.37. The molecule has 2 heterocycles. The number of amides is 2. The molecule has 0 saturated carbocycles. The zero-order chi connectivity index (χ0) is 16.8. The van der Waals surface area contributed by atoms with E-state index in [0.717, 1.165) is 0 Å². The number of morpholine rings is 1. The lowest BCUT2D eigenvalue weighted by Crippen LogP contribution is -2.52. The van der Waals surface area contributed by atoms with Crippen LogP contribution in [0.5, 0.6) is 0 Å². The number of carbonyl (C=O) groups is 2. The van der Waals surface area contributed by atoms with Gasteiger partial charge in [-0.25, -0.2) is 0 Å². The van der Waals surface area contributed by atoms with E-state index in [1.165, 1.54) is 0 Å². The minimum atomic E-state index is -0.597. The lowest BCUT2D eigenvalue weighted by molar-refractivity contribution is -0.140. The Morgan fingerprint density at radius 2 is 2.12 bits per heavy atom. The number of hydrogen-bond acceptors (Lipinski definition) is 5. The molecule has 1 saturated heterocycles. The first-order valence-corrected chi connectivity index (χ1v) is 7.87. The Morgan fingerprint density at radius 1 is 1.40 bits per heavy atom. The van der Waals surface area contributed by atoms with Crippen LogP contribution >= 0.6 is 24.8 Å². The van der Waals surface area contributed by atoms with Gasteiger partial charge in [0.25, 0.3) is 0 Å². The summed E-state index contributed by atoms with van der Waals surface area (Å²) in [5, 5.41) is 6.75. The van der Waals surface area contributed by atoms with Crippen LogP contribution in [-0.2, 0) is 20.9 Å². The second-order valence-corrected chi connectivity index (χ2v) is 6.05. The number of ether oxygens (including phenoxy) is 1. The zero-order valence-electron chi connectivity index (χ0n) is 14.5. The number of aromatic nitrogens is 2. The number of rotatable bonds is 6. The van der Waals surface area contributed by atoms with Crippen LogP contribution in [-0.4, -0.2) is 64.9 Å². The number of carbonyl (C=O) groups excluding carboxylic acids is 2. The van der Waals surface area contributed by atoms with Crippen molar-refractivity contribution in [2.75, 3.05) is 26.2 Å². The molecule has 1 aliphatic rings. The molecule has 1 unspecified atom stereocenters. The fourth-order valence-electron chi connectivity index (χ4n) is 2.37. The van der Waals surface area contributed by atoms with Crippen LogP contribution in [0.4, 0.5) is 0 Å². The highest BCUT2D eigenvalue weighted by Gasteiger charge is 2.25. The average Bonchev–Trinajstić information content (AvgIpc) is 3.04. The van der Waals surface area contributed by atoms with Crippen LogP contribution in [0.1, 0.15) is 13.8 Å². The molecular formula is C15H27Cl2N5O3. The molecule has 2 rings (SSSR count). The van der Waals surface area contributed by atoms with Gasteiger partial charge in [-0.3, -0.25) is 14.3 Å². The normalized spacial score (nSPS) is 18.1. The molecule has 0 spiro atoms. The molecule has 0 aromatic carbocycles. The van der Waals surface area contributed by atoms with Crippen molar-refractivity contribution in [2.45, 2.75) is 32.5 Å². The summed E-state index contributed by atoms with van der Waals surface area (Å²) in [6.45, 7) is 5.80. The molecule has 2 amide bonds. The summed E-state index contributed by atoms with van der Waals surface area (Å²) in [6, 6.07) is 1.25. The Hall–Kier alpha value is -1.35. The van der Waals surface area contributed by atoms with Crippen LogP contribution in [0, 0.1) is 5.92 Å². The molecule has 1 fully saturated rings. The van der Waals surface area contributed by atoms with Crippen molar-refractivity contribution in [1.82, 2.24) is 20.0 Å². The van der Waals surface area contributed by atoms with Crippen LogP contribution in [0.2, 0.25) is 0 Å². The van der Waals surface area contributed by atoms with E-state index in [1.54, 1.807) is 15.8 Å². The van der Waals surface area contributed by atoms with Crippen LogP contribution in [0.25, 0.3) is 0 Å². The summed E-state index contributed by atoms with van der Waals surface area (Å²) in [4.78, 5) is 25.7. The molecule has 10 heteroatoms. The van der Waals surface area contributed by atoms with E-state index in [-0.39, 0.29) is 55.2 Å². The van der Waals surface area contributed by atoms with Gasteiger partial charge in [0.2, 0.25) is 11.8 Å². The topological polar surface area (TPSA) is 102 Å². The van der Waals surface area contributed by atoms with Crippen molar-refractivity contribution in [3.8, 4) is 0 Å². The molecule has 0 radical (unpaired) electrons. The zero-order valence-corrected chi connectivity index (χ0v) is 16.1. The highest BCUT2D eigenvalue weighted by Crippen LogP contribution is 2.07. The first kappa shape index (κ1) is 23.6. The summed E-state index contributed by atoms with van der Waals surface area (Å²) < 4.78 is 7.44. The minimum Gasteiger partial charge on any atom is -0.373 e. The maximum atomic E-state index is 12.2. The van der Waals surface area contributed by atoms with Crippen molar-refractivity contribution in [3.63, 3.8) is 0 Å². The molecule has 1 aromatic heterocycles. The summed E-state index contributed by atoms with van der Waals surface area (Å²) in [6.07, 6.45) is 3.47. The van der Waals surface area contributed by atoms with E-state index in [4.69, 9.17) is 10.5 Å². The van der Waals surface area contributed by atoms with Crippen molar-refractivity contribution in [3.05, 3.63) is 18.5 Å². The van der Waals surface area contributed by atoms with Crippen LogP contribution < -0.4 is 11.1 Å². The Kier molecular flexibility index (Phi) is 10.7. The smallest absolute Gasteiger partial charge is 0.242 e. The predicted octanol–water partition coefficient (Wildman–Crippen LogP) is 0.0536. The molecule has 0 bridgehead atoms. The number of nitrogens with two attached hydrogens (primary N) is 1. The highest BCUT2D eigenvalue weighted by atomic mass is 35.5. The van der Waals surface area contributed by atoms with Gasteiger partial charge in [-0.15, -0.1) is 24.8 Å². The molecule has 1 aromatic rings. The summed E-state index contributed by atoms with van der Waals surface area (Å²) in [7, 11) is 0. The first-order valence-electron chi connectivity index (χ1n) is 7.87. The van der Waals surface area contributed by atoms with E-state index < -0.39 is 6.04 Å². The second-order valence-electron chi connectivity index (χ2n) is 6.05. The number of nitrogens with one attached hydrogen (secondary N) is 1. The van der Waals surface area contributed by atoms with Gasteiger partial charge < -0.3 is 20.7 Å².